The van der Waals surface area contributed by atoms with Crippen LogP contribution < -0.4 is 9.64 Å². The van der Waals surface area contributed by atoms with Crippen LogP contribution in [0.4, 0.5) is 5.69 Å². The van der Waals surface area contributed by atoms with Crippen molar-refractivity contribution in [1.82, 2.24) is 0 Å². The first-order valence-corrected chi connectivity index (χ1v) is 11.9. The van der Waals surface area contributed by atoms with Gasteiger partial charge in [-0.2, -0.15) is 0 Å². The van der Waals surface area contributed by atoms with Gasteiger partial charge >= 0.3 is 0 Å². The van der Waals surface area contributed by atoms with Gasteiger partial charge in [0, 0.05) is 11.1 Å². The van der Waals surface area contributed by atoms with Gasteiger partial charge in [-0.15, -0.1) is 0 Å². The van der Waals surface area contributed by atoms with Gasteiger partial charge in [0.15, 0.2) is 0 Å². The molecular formula is C29H23NO6. The summed E-state index contributed by atoms with van der Waals surface area (Å²) in [6, 6.07) is 20.4. The largest absolute Gasteiger partial charge is 0.494 e. The molecule has 2 saturated heterocycles. The van der Waals surface area contributed by atoms with Gasteiger partial charge in [0.2, 0.25) is 29.0 Å². The van der Waals surface area contributed by atoms with Crippen LogP contribution in [0, 0.1) is 18.8 Å². The second-order valence-corrected chi connectivity index (χ2v) is 9.33. The number of nitrogens with zero attached hydrogens (tertiary/aromatic N) is 1. The molecule has 2 fully saturated rings. The van der Waals surface area contributed by atoms with Crippen molar-refractivity contribution >= 4 is 29.1 Å². The van der Waals surface area contributed by atoms with Crippen molar-refractivity contribution in [1.29, 1.82) is 0 Å². The van der Waals surface area contributed by atoms with Crippen LogP contribution in [-0.2, 0) is 14.3 Å². The molecule has 36 heavy (non-hydrogen) atoms. The maximum absolute atomic E-state index is 13.9. The average Bonchev–Trinajstić information content (AvgIpc) is 3.45. The number of carbonyl (C=O) groups excluding carboxylic acids is 4. The highest BCUT2D eigenvalue weighted by atomic mass is 16.5. The summed E-state index contributed by atoms with van der Waals surface area (Å²) in [4.78, 5) is 56.4. The van der Waals surface area contributed by atoms with E-state index in [2.05, 4.69) is 0 Å². The molecule has 2 amide bonds. The van der Waals surface area contributed by atoms with Gasteiger partial charge in [-0.25, -0.2) is 4.90 Å². The molecule has 0 aromatic heterocycles. The zero-order valence-corrected chi connectivity index (χ0v) is 19.8. The Kier molecular flexibility index (Phi) is 4.95. The predicted octanol–water partition coefficient (Wildman–Crippen LogP) is 4.09. The number of hydrogen-bond donors (Lipinski definition) is 0. The number of ether oxygens (including phenoxy) is 2. The first kappa shape index (κ1) is 22.4. The molecular weight excluding hydrogens is 458 g/mol. The van der Waals surface area contributed by atoms with Gasteiger partial charge in [0.05, 0.1) is 30.2 Å². The van der Waals surface area contributed by atoms with Crippen LogP contribution in [0.1, 0.15) is 44.9 Å². The Morgan fingerprint density at radius 2 is 1.44 bits per heavy atom. The fourth-order valence-corrected chi connectivity index (χ4v) is 5.69. The Bertz CT molecular complexity index is 1390. The number of Topliss-reactive ketones (excluding diaryl/α,β-unsaturated/α-hetero) is 2. The lowest BCUT2D eigenvalue weighted by molar-refractivity contribution is -0.127. The summed E-state index contributed by atoms with van der Waals surface area (Å²) >= 11 is 0. The molecule has 1 aliphatic carbocycles. The van der Waals surface area contributed by atoms with Crippen molar-refractivity contribution in [3.05, 3.63) is 95.1 Å². The van der Waals surface area contributed by atoms with Crippen molar-refractivity contribution in [3.63, 3.8) is 0 Å². The van der Waals surface area contributed by atoms with Crippen LogP contribution in [0.3, 0.4) is 0 Å². The van der Waals surface area contributed by atoms with Gasteiger partial charge in [-0.05, 0) is 43.7 Å². The Morgan fingerprint density at radius 3 is 2.03 bits per heavy atom. The number of aryl methyl sites for hydroxylation is 1. The third-order valence-corrected chi connectivity index (χ3v) is 7.33. The van der Waals surface area contributed by atoms with Crippen molar-refractivity contribution < 1.29 is 28.7 Å². The lowest BCUT2D eigenvalue weighted by Gasteiger charge is -2.27. The fraction of sp³-hybridized carbons (Fsp3) is 0.241. The number of amides is 2. The highest BCUT2D eigenvalue weighted by Crippen LogP contribution is 2.57. The smallest absolute Gasteiger partial charge is 0.241 e. The predicted molar refractivity (Wildman–Crippen MR) is 130 cm³/mol. The second-order valence-electron chi connectivity index (χ2n) is 9.33. The maximum Gasteiger partial charge on any atom is 0.241 e. The van der Waals surface area contributed by atoms with E-state index in [1.54, 1.807) is 48.5 Å². The van der Waals surface area contributed by atoms with E-state index >= 15 is 0 Å². The Morgan fingerprint density at radius 1 is 0.833 bits per heavy atom. The number of benzene rings is 3. The third kappa shape index (κ3) is 2.89. The molecule has 0 N–H and O–H groups in total. The molecule has 0 unspecified atom stereocenters. The first-order valence-electron chi connectivity index (χ1n) is 11.9. The van der Waals surface area contributed by atoms with Gasteiger partial charge in [-0.1, -0.05) is 54.1 Å². The van der Waals surface area contributed by atoms with E-state index in [9.17, 15) is 19.2 Å². The summed E-state index contributed by atoms with van der Waals surface area (Å²) in [5, 5.41) is 0. The molecule has 1 spiro atoms. The molecule has 180 valence electrons. The lowest BCUT2D eigenvalue weighted by Crippen LogP contribution is -2.51. The zero-order chi connectivity index (χ0) is 25.2. The number of fused-ring (bicyclic) bond motifs is 3. The summed E-state index contributed by atoms with van der Waals surface area (Å²) in [5.74, 6) is -3.92. The Hall–Kier alpha value is -4.10. The van der Waals surface area contributed by atoms with Crippen LogP contribution in [0.2, 0.25) is 0 Å². The Balaban J connectivity index is 1.49. The molecule has 2 aliphatic heterocycles. The van der Waals surface area contributed by atoms with Gasteiger partial charge in [0.25, 0.3) is 0 Å². The molecule has 2 heterocycles. The minimum atomic E-state index is -2.07. The van der Waals surface area contributed by atoms with Crippen molar-refractivity contribution in [2.24, 2.45) is 11.8 Å². The lowest BCUT2D eigenvalue weighted by atomic mass is 9.77. The highest BCUT2D eigenvalue weighted by Gasteiger charge is 2.74. The second kappa shape index (κ2) is 7.96. The molecule has 3 aromatic carbocycles. The molecule has 7 nitrogen and oxygen atoms in total. The number of ketones is 2. The van der Waals surface area contributed by atoms with E-state index in [1.807, 2.05) is 38.1 Å². The molecule has 3 aliphatic rings. The summed E-state index contributed by atoms with van der Waals surface area (Å²) in [6.07, 6.45) is -0.929. The normalized spacial score (nSPS) is 23.9. The standard InChI is InChI=1S/C29H23NO6/c1-3-35-19-14-12-18(13-15-19)30-27(33)22-23(28(30)34)29(36-24(22)17-10-8-16(2)9-11-17)25(31)20-6-4-5-7-21(20)26(29)32/h4-15,22-24H,3H2,1-2H3/t22-,23+,24-/m1/s1. The Labute approximate surface area is 207 Å². The minimum absolute atomic E-state index is 0.213. The van der Waals surface area contributed by atoms with Crippen LogP contribution in [0.15, 0.2) is 72.8 Å². The van der Waals surface area contributed by atoms with Crippen LogP contribution in [0.25, 0.3) is 0 Å². The molecule has 3 aromatic rings. The number of rotatable bonds is 4. The summed E-state index contributed by atoms with van der Waals surface area (Å²) < 4.78 is 11.8. The van der Waals surface area contributed by atoms with Crippen LogP contribution in [0.5, 0.6) is 5.75 Å². The summed E-state index contributed by atoms with van der Waals surface area (Å²) in [5.41, 5.74) is 0.357. The van der Waals surface area contributed by atoms with E-state index in [-0.39, 0.29) is 11.1 Å². The van der Waals surface area contributed by atoms with E-state index in [0.717, 1.165) is 10.5 Å². The summed E-state index contributed by atoms with van der Waals surface area (Å²) in [6.45, 7) is 4.27. The van der Waals surface area contributed by atoms with Gasteiger partial charge in [-0.3, -0.25) is 19.2 Å². The maximum atomic E-state index is 13.9. The SMILES string of the molecule is CCOc1ccc(N2C(=O)[C@H]3[C@@H](c4ccc(C)cc4)OC4(C(=O)c5ccccc5C4=O)[C@@H]3C2=O)cc1. The van der Waals surface area contributed by atoms with Crippen LogP contribution in [-0.4, -0.2) is 35.6 Å². The first-order chi connectivity index (χ1) is 17.4. The molecule has 6 rings (SSSR count). The number of imide groups is 1. The third-order valence-electron chi connectivity index (χ3n) is 7.33. The molecule has 0 bridgehead atoms. The minimum Gasteiger partial charge on any atom is -0.494 e. The molecule has 7 heteroatoms. The summed E-state index contributed by atoms with van der Waals surface area (Å²) in [7, 11) is 0. The monoisotopic (exact) mass is 481 g/mol. The molecule has 0 radical (unpaired) electrons. The van der Waals surface area contributed by atoms with E-state index < -0.39 is 46.9 Å². The number of anilines is 1. The average molecular weight is 482 g/mol. The fourth-order valence-electron chi connectivity index (χ4n) is 5.69. The number of hydrogen-bond acceptors (Lipinski definition) is 6. The number of carbonyl (C=O) groups is 4. The van der Waals surface area contributed by atoms with E-state index in [0.29, 0.717) is 23.6 Å². The van der Waals surface area contributed by atoms with Crippen molar-refractivity contribution in [3.8, 4) is 5.75 Å². The molecule has 3 atom stereocenters. The van der Waals surface area contributed by atoms with Crippen molar-refractivity contribution in [2.75, 3.05) is 11.5 Å². The van der Waals surface area contributed by atoms with Gasteiger partial charge in [0.1, 0.15) is 5.75 Å². The quantitative estimate of drug-likeness (QED) is 0.412. The van der Waals surface area contributed by atoms with Gasteiger partial charge < -0.3 is 9.47 Å². The highest BCUT2D eigenvalue weighted by molar-refractivity contribution is 6.37. The zero-order valence-electron chi connectivity index (χ0n) is 19.8. The van der Waals surface area contributed by atoms with E-state index in [1.165, 1.54) is 0 Å². The van der Waals surface area contributed by atoms with Crippen LogP contribution >= 0.6 is 0 Å². The topological polar surface area (TPSA) is 90.0 Å². The van der Waals surface area contributed by atoms with E-state index in [4.69, 9.17) is 9.47 Å². The molecule has 0 saturated carbocycles. The van der Waals surface area contributed by atoms with Crippen molar-refractivity contribution in [2.45, 2.75) is 25.6 Å².